The number of benzene rings is 3. The standard InChI is InChI=1S/C30H33NO6/c1-2-3-19-35-30(34)31-28(29(33)37-22-24-15-9-5-10-16-24)26(25-17-11-6-12-18-25)20-27(32)36-21-23-13-7-4-8-14-23/h4-18,26,28H,2-3,19-22H2,1H3,(H,31,34). The molecule has 0 aromatic heterocycles. The maximum Gasteiger partial charge on any atom is 0.407 e. The molecule has 0 aliphatic carbocycles. The largest absolute Gasteiger partial charge is 0.461 e. The van der Waals surface area contributed by atoms with Gasteiger partial charge in [-0.1, -0.05) is 104 Å². The summed E-state index contributed by atoms with van der Waals surface area (Å²) in [6.45, 7) is 2.35. The molecule has 194 valence electrons. The fraction of sp³-hybridized carbons (Fsp3) is 0.300. The molecule has 2 atom stereocenters. The van der Waals surface area contributed by atoms with Gasteiger partial charge in [-0.05, 0) is 23.1 Å². The highest BCUT2D eigenvalue weighted by molar-refractivity contribution is 5.84. The van der Waals surface area contributed by atoms with Gasteiger partial charge in [0, 0.05) is 5.92 Å². The minimum Gasteiger partial charge on any atom is -0.461 e. The molecule has 1 N–H and O–H groups in total. The first kappa shape index (κ1) is 27.5. The molecule has 0 aliphatic heterocycles. The van der Waals surface area contributed by atoms with Crippen molar-refractivity contribution < 1.29 is 28.6 Å². The van der Waals surface area contributed by atoms with Gasteiger partial charge in [-0.15, -0.1) is 0 Å². The lowest BCUT2D eigenvalue weighted by Gasteiger charge is -2.26. The molecular formula is C30H33NO6. The molecule has 0 aliphatic rings. The molecule has 7 nitrogen and oxygen atoms in total. The second kappa shape index (κ2) is 15.1. The molecule has 0 heterocycles. The van der Waals surface area contributed by atoms with Crippen LogP contribution in [0.15, 0.2) is 91.0 Å². The van der Waals surface area contributed by atoms with Crippen LogP contribution in [0.1, 0.15) is 48.8 Å². The van der Waals surface area contributed by atoms with Gasteiger partial charge in [0.15, 0.2) is 0 Å². The van der Waals surface area contributed by atoms with Crippen molar-refractivity contribution in [2.24, 2.45) is 0 Å². The molecule has 0 saturated heterocycles. The molecule has 1 amide bonds. The predicted octanol–water partition coefficient (Wildman–Crippen LogP) is 5.54. The van der Waals surface area contributed by atoms with E-state index < -0.39 is 30.0 Å². The van der Waals surface area contributed by atoms with E-state index in [4.69, 9.17) is 14.2 Å². The van der Waals surface area contributed by atoms with Crippen molar-refractivity contribution in [1.29, 1.82) is 0 Å². The zero-order valence-electron chi connectivity index (χ0n) is 21.0. The zero-order chi connectivity index (χ0) is 26.3. The monoisotopic (exact) mass is 503 g/mol. The van der Waals surface area contributed by atoms with Crippen molar-refractivity contribution in [3.8, 4) is 0 Å². The van der Waals surface area contributed by atoms with Crippen molar-refractivity contribution in [1.82, 2.24) is 5.32 Å². The lowest BCUT2D eigenvalue weighted by atomic mass is 9.88. The molecule has 7 heteroatoms. The highest BCUT2D eigenvalue weighted by atomic mass is 16.6. The molecule has 0 saturated carbocycles. The maximum absolute atomic E-state index is 13.3. The van der Waals surface area contributed by atoms with E-state index in [-0.39, 0.29) is 26.2 Å². The van der Waals surface area contributed by atoms with Crippen LogP contribution in [0.3, 0.4) is 0 Å². The molecule has 2 unspecified atom stereocenters. The Labute approximate surface area is 217 Å². The number of rotatable bonds is 13. The van der Waals surface area contributed by atoms with Crippen molar-refractivity contribution in [2.45, 2.75) is 51.4 Å². The van der Waals surface area contributed by atoms with Crippen LogP contribution in [-0.2, 0) is 37.0 Å². The van der Waals surface area contributed by atoms with Crippen LogP contribution in [0.2, 0.25) is 0 Å². The number of esters is 2. The number of carbonyl (C=O) groups excluding carboxylic acids is 3. The van der Waals surface area contributed by atoms with Gasteiger partial charge >= 0.3 is 18.0 Å². The number of carbonyl (C=O) groups is 3. The Kier molecular flexibility index (Phi) is 11.2. The third-order valence-corrected chi connectivity index (χ3v) is 5.74. The van der Waals surface area contributed by atoms with Gasteiger partial charge in [-0.2, -0.15) is 0 Å². The van der Waals surface area contributed by atoms with Crippen molar-refractivity contribution in [3.05, 3.63) is 108 Å². The van der Waals surface area contributed by atoms with E-state index in [2.05, 4.69) is 5.32 Å². The second-order valence-electron chi connectivity index (χ2n) is 8.57. The third-order valence-electron chi connectivity index (χ3n) is 5.74. The number of unbranched alkanes of at least 4 members (excludes halogenated alkanes) is 1. The van der Waals surface area contributed by atoms with E-state index in [1.165, 1.54) is 0 Å². The quantitative estimate of drug-likeness (QED) is 0.187. The molecule has 0 radical (unpaired) electrons. The van der Waals surface area contributed by atoms with Crippen LogP contribution in [0.25, 0.3) is 0 Å². The Morgan fingerprint density at radius 3 is 1.84 bits per heavy atom. The minimum atomic E-state index is -1.16. The molecular weight excluding hydrogens is 470 g/mol. The van der Waals surface area contributed by atoms with Gasteiger partial charge in [0.25, 0.3) is 0 Å². The lowest BCUT2D eigenvalue weighted by Crippen LogP contribution is -2.46. The molecule has 3 aromatic carbocycles. The summed E-state index contributed by atoms with van der Waals surface area (Å²) in [5.74, 6) is -1.90. The summed E-state index contributed by atoms with van der Waals surface area (Å²) < 4.78 is 16.3. The summed E-state index contributed by atoms with van der Waals surface area (Å²) >= 11 is 0. The molecule has 0 spiro atoms. The molecule has 0 bridgehead atoms. The number of amides is 1. The number of ether oxygens (including phenoxy) is 3. The van der Waals surface area contributed by atoms with Gasteiger partial charge in [0.1, 0.15) is 19.3 Å². The number of alkyl carbamates (subject to hydrolysis) is 1. The lowest BCUT2D eigenvalue weighted by molar-refractivity contribution is -0.149. The van der Waals surface area contributed by atoms with E-state index >= 15 is 0 Å². The summed E-state index contributed by atoms with van der Waals surface area (Å²) in [6.07, 6.45) is 0.672. The fourth-order valence-electron chi connectivity index (χ4n) is 3.73. The Morgan fingerprint density at radius 2 is 1.27 bits per heavy atom. The SMILES string of the molecule is CCCCOC(=O)NC(C(=O)OCc1ccccc1)C(CC(=O)OCc1ccccc1)c1ccccc1. The molecule has 37 heavy (non-hydrogen) atoms. The normalized spacial score (nSPS) is 12.1. The second-order valence-corrected chi connectivity index (χ2v) is 8.57. The molecule has 3 rings (SSSR count). The highest BCUT2D eigenvalue weighted by Gasteiger charge is 2.35. The van der Waals surface area contributed by atoms with Crippen LogP contribution in [0, 0.1) is 0 Å². The minimum absolute atomic E-state index is 0.0305. The van der Waals surface area contributed by atoms with Gasteiger partial charge in [-0.25, -0.2) is 9.59 Å². The van der Waals surface area contributed by atoms with Crippen molar-refractivity contribution in [3.63, 3.8) is 0 Å². The first-order chi connectivity index (χ1) is 18.1. The van der Waals surface area contributed by atoms with Gasteiger partial charge in [0.05, 0.1) is 13.0 Å². The Morgan fingerprint density at radius 1 is 0.730 bits per heavy atom. The van der Waals surface area contributed by atoms with E-state index in [0.29, 0.717) is 12.0 Å². The van der Waals surface area contributed by atoms with Crippen LogP contribution in [0.5, 0.6) is 0 Å². The highest BCUT2D eigenvalue weighted by Crippen LogP contribution is 2.26. The van der Waals surface area contributed by atoms with Crippen LogP contribution in [0.4, 0.5) is 4.79 Å². The van der Waals surface area contributed by atoms with E-state index in [1.807, 2.05) is 85.8 Å². The number of hydrogen-bond donors (Lipinski definition) is 1. The van der Waals surface area contributed by atoms with E-state index in [1.54, 1.807) is 12.1 Å². The fourth-order valence-corrected chi connectivity index (χ4v) is 3.73. The van der Waals surface area contributed by atoms with Gasteiger partial charge in [0.2, 0.25) is 0 Å². The number of nitrogens with one attached hydrogen (secondary N) is 1. The molecule has 0 fully saturated rings. The summed E-state index contributed by atoms with van der Waals surface area (Å²) in [7, 11) is 0. The van der Waals surface area contributed by atoms with Gasteiger partial charge < -0.3 is 19.5 Å². The Balaban J connectivity index is 1.79. The third kappa shape index (κ3) is 9.44. The summed E-state index contributed by atoms with van der Waals surface area (Å²) in [6, 6.07) is 26.5. The zero-order valence-corrected chi connectivity index (χ0v) is 21.0. The topological polar surface area (TPSA) is 90.9 Å². The predicted molar refractivity (Wildman–Crippen MR) is 139 cm³/mol. The van der Waals surface area contributed by atoms with Crippen molar-refractivity contribution >= 4 is 18.0 Å². The molecule has 3 aromatic rings. The summed E-state index contributed by atoms with van der Waals surface area (Å²) in [5, 5.41) is 2.65. The Hall–Kier alpha value is -4.13. The summed E-state index contributed by atoms with van der Waals surface area (Å²) in [5.41, 5.74) is 2.34. The average molecular weight is 504 g/mol. The smallest absolute Gasteiger partial charge is 0.407 e. The Bertz CT molecular complexity index is 1100. The van der Waals surface area contributed by atoms with Gasteiger partial charge in [-0.3, -0.25) is 4.79 Å². The van der Waals surface area contributed by atoms with E-state index in [0.717, 1.165) is 17.5 Å². The summed E-state index contributed by atoms with van der Waals surface area (Å²) in [4.78, 5) is 38.8. The van der Waals surface area contributed by atoms with Crippen LogP contribution < -0.4 is 5.32 Å². The van der Waals surface area contributed by atoms with Crippen LogP contribution in [-0.4, -0.2) is 30.7 Å². The average Bonchev–Trinajstić information content (AvgIpc) is 2.94. The van der Waals surface area contributed by atoms with Crippen LogP contribution >= 0.6 is 0 Å². The van der Waals surface area contributed by atoms with Crippen molar-refractivity contribution in [2.75, 3.05) is 6.61 Å². The van der Waals surface area contributed by atoms with E-state index in [9.17, 15) is 14.4 Å². The maximum atomic E-state index is 13.3. The first-order valence-corrected chi connectivity index (χ1v) is 12.4. The first-order valence-electron chi connectivity index (χ1n) is 12.4. The number of hydrogen-bond acceptors (Lipinski definition) is 6.